The van der Waals surface area contributed by atoms with E-state index in [4.69, 9.17) is 29.6 Å². The molecule has 2 atom stereocenters. The van der Waals surface area contributed by atoms with E-state index in [0.717, 1.165) is 24.2 Å². The molecule has 0 aliphatic carbocycles. The molecule has 0 saturated carbocycles. The van der Waals surface area contributed by atoms with Crippen LogP contribution in [0, 0.1) is 5.92 Å². The van der Waals surface area contributed by atoms with Crippen LogP contribution in [0.2, 0.25) is 5.02 Å². The summed E-state index contributed by atoms with van der Waals surface area (Å²) in [6, 6.07) is 5.73. The molecule has 0 aromatic heterocycles. The van der Waals surface area contributed by atoms with Crippen molar-refractivity contribution in [3.63, 3.8) is 0 Å². The van der Waals surface area contributed by atoms with Gasteiger partial charge in [0.2, 0.25) is 0 Å². The number of anilines is 1. The number of aliphatic hydroxyl groups excluding tert-OH is 1. The first-order valence-corrected chi connectivity index (χ1v) is 6.80. The van der Waals surface area contributed by atoms with Crippen molar-refractivity contribution < 1.29 is 5.11 Å². The van der Waals surface area contributed by atoms with Crippen LogP contribution < -0.4 is 10.6 Å². The fourth-order valence-electron chi connectivity index (χ4n) is 2.48. The molecule has 2 rings (SSSR count). The molecule has 1 heterocycles. The van der Waals surface area contributed by atoms with Gasteiger partial charge in [-0.15, -0.1) is 0 Å². The number of rotatable bonds is 3. The lowest BCUT2D eigenvalue weighted by Crippen LogP contribution is -2.35. The minimum Gasteiger partial charge on any atom is -0.394 e. The molecule has 18 heavy (non-hydrogen) atoms. The van der Waals surface area contributed by atoms with Gasteiger partial charge in [0.1, 0.15) is 4.99 Å². The summed E-state index contributed by atoms with van der Waals surface area (Å²) < 4.78 is 0. The molecular weight excluding hydrogens is 268 g/mol. The molecule has 0 amide bonds. The van der Waals surface area contributed by atoms with Crippen LogP contribution >= 0.6 is 23.8 Å². The lowest BCUT2D eigenvalue weighted by Gasteiger charge is -2.28. The molecule has 1 fully saturated rings. The predicted molar refractivity (Wildman–Crippen MR) is 79.3 cm³/mol. The van der Waals surface area contributed by atoms with Crippen LogP contribution in [0.15, 0.2) is 18.2 Å². The summed E-state index contributed by atoms with van der Waals surface area (Å²) in [4.78, 5) is 2.51. The van der Waals surface area contributed by atoms with Gasteiger partial charge in [0.25, 0.3) is 0 Å². The third-order valence-electron chi connectivity index (χ3n) is 3.61. The molecule has 1 saturated heterocycles. The van der Waals surface area contributed by atoms with Gasteiger partial charge in [-0.3, -0.25) is 0 Å². The maximum absolute atomic E-state index is 9.48. The van der Waals surface area contributed by atoms with Crippen LogP contribution in [-0.4, -0.2) is 29.3 Å². The highest BCUT2D eigenvalue weighted by atomic mass is 35.5. The average Bonchev–Trinajstić information content (AvgIpc) is 2.70. The van der Waals surface area contributed by atoms with Gasteiger partial charge >= 0.3 is 0 Å². The summed E-state index contributed by atoms with van der Waals surface area (Å²) in [5, 5.41) is 10.1. The molecule has 1 aromatic carbocycles. The van der Waals surface area contributed by atoms with Gasteiger partial charge < -0.3 is 15.7 Å². The highest BCUT2D eigenvalue weighted by Crippen LogP contribution is 2.34. The van der Waals surface area contributed by atoms with Crippen LogP contribution in [0.25, 0.3) is 0 Å². The van der Waals surface area contributed by atoms with Crippen LogP contribution in [0.1, 0.15) is 18.9 Å². The molecule has 98 valence electrons. The Bertz CT molecular complexity index is 466. The third kappa shape index (κ3) is 2.46. The quantitative estimate of drug-likeness (QED) is 0.836. The topological polar surface area (TPSA) is 49.5 Å². The Hall–Kier alpha value is -0.840. The van der Waals surface area contributed by atoms with E-state index >= 15 is 0 Å². The Labute approximate surface area is 118 Å². The average molecular weight is 285 g/mol. The molecule has 0 radical (unpaired) electrons. The number of nitrogens with two attached hydrogens (primary N) is 1. The van der Waals surface area contributed by atoms with E-state index in [9.17, 15) is 5.11 Å². The van der Waals surface area contributed by atoms with Crippen LogP contribution in [0.4, 0.5) is 5.69 Å². The van der Waals surface area contributed by atoms with Gasteiger partial charge in [-0.1, -0.05) is 30.7 Å². The van der Waals surface area contributed by atoms with E-state index in [-0.39, 0.29) is 12.6 Å². The second kappa shape index (κ2) is 5.43. The van der Waals surface area contributed by atoms with Crippen molar-refractivity contribution in [2.75, 3.05) is 18.1 Å². The fraction of sp³-hybridized carbons (Fsp3) is 0.462. The van der Waals surface area contributed by atoms with Crippen molar-refractivity contribution in [2.45, 2.75) is 19.4 Å². The minimum absolute atomic E-state index is 0.137. The summed E-state index contributed by atoms with van der Waals surface area (Å²) >= 11 is 11.2. The molecule has 1 aromatic rings. The second-order valence-corrected chi connectivity index (χ2v) is 5.59. The van der Waals surface area contributed by atoms with Crippen molar-refractivity contribution in [2.24, 2.45) is 11.7 Å². The Morgan fingerprint density at radius 3 is 2.89 bits per heavy atom. The zero-order valence-corrected chi connectivity index (χ0v) is 11.8. The molecule has 3 nitrogen and oxygen atoms in total. The number of nitrogens with zero attached hydrogens (tertiary/aromatic N) is 1. The first-order valence-electron chi connectivity index (χ1n) is 6.01. The van der Waals surface area contributed by atoms with E-state index in [1.807, 2.05) is 12.1 Å². The Balaban J connectivity index is 2.31. The van der Waals surface area contributed by atoms with Crippen molar-refractivity contribution >= 4 is 34.5 Å². The van der Waals surface area contributed by atoms with Crippen molar-refractivity contribution in [1.82, 2.24) is 0 Å². The molecule has 5 heteroatoms. The van der Waals surface area contributed by atoms with Gasteiger partial charge in [0.05, 0.1) is 23.4 Å². The maximum Gasteiger partial charge on any atom is 0.104 e. The number of hydrogen-bond acceptors (Lipinski definition) is 3. The lowest BCUT2D eigenvalue weighted by atomic mass is 10.0. The zero-order chi connectivity index (χ0) is 13.3. The number of thiocarbonyl (C=S) groups is 1. The maximum atomic E-state index is 9.48. The number of aliphatic hydroxyl groups is 1. The molecule has 2 unspecified atom stereocenters. The molecular formula is C13H17ClN2OS. The standard InChI is InChI=1S/C13H17ClN2OS/c1-8-4-5-16(12(8)7-17)11-3-2-9(13(15)18)6-10(11)14/h2-3,6,8,12,17H,4-5,7H2,1H3,(H2,15,18). The molecule has 0 bridgehead atoms. The van der Waals surface area contributed by atoms with Gasteiger partial charge in [0, 0.05) is 12.1 Å². The fourth-order valence-corrected chi connectivity index (χ4v) is 2.89. The Morgan fingerprint density at radius 2 is 2.33 bits per heavy atom. The van der Waals surface area contributed by atoms with Crippen LogP contribution in [-0.2, 0) is 0 Å². The smallest absolute Gasteiger partial charge is 0.104 e. The van der Waals surface area contributed by atoms with E-state index in [1.54, 1.807) is 6.07 Å². The van der Waals surface area contributed by atoms with E-state index < -0.39 is 0 Å². The van der Waals surface area contributed by atoms with Gasteiger partial charge in [-0.2, -0.15) is 0 Å². The number of benzene rings is 1. The first kappa shape index (κ1) is 13.6. The van der Waals surface area contributed by atoms with Gasteiger partial charge in [-0.25, -0.2) is 0 Å². The van der Waals surface area contributed by atoms with E-state index in [2.05, 4.69) is 11.8 Å². The summed E-state index contributed by atoms with van der Waals surface area (Å²) in [5.74, 6) is 0.473. The minimum atomic E-state index is 0.137. The third-order valence-corrected chi connectivity index (χ3v) is 4.15. The zero-order valence-electron chi connectivity index (χ0n) is 10.3. The summed E-state index contributed by atoms with van der Waals surface area (Å²) in [6.45, 7) is 3.21. The first-order chi connectivity index (χ1) is 8.54. The van der Waals surface area contributed by atoms with Gasteiger partial charge in [0.15, 0.2) is 0 Å². The number of halogens is 1. The normalized spacial score (nSPS) is 23.4. The molecule has 0 spiro atoms. The van der Waals surface area contributed by atoms with Crippen molar-refractivity contribution in [3.05, 3.63) is 28.8 Å². The molecule has 1 aliphatic rings. The van der Waals surface area contributed by atoms with Gasteiger partial charge in [-0.05, 0) is 30.5 Å². The largest absolute Gasteiger partial charge is 0.394 e. The Morgan fingerprint density at radius 1 is 1.61 bits per heavy atom. The van der Waals surface area contributed by atoms with E-state index in [1.165, 1.54) is 0 Å². The van der Waals surface area contributed by atoms with Crippen LogP contribution in [0.5, 0.6) is 0 Å². The highest BCUT2D eigenvalue weighted by molar-refractivity contribution is 7.80. The lowest BCUT2D eigenvalue weighted by molar-refractivity contribution is 0.245. The SMILES string of the molecule is CC1CCN(c2ccc(C(N)=S)cc2Cl)C1CO. The Kier molecular flexibility index (Phi) is 4.10. The van der Waals surface area contributed by atoms with Crippen molar-refractivity contribution in [1.29, 1.82) is 0 Å². The summed E-state index contributed by atoms with van der Waals surface area (Å²) in [6.07, 6.45) is 1.07. The molecule has 1 aliphatic heterocycles. The monoisotopic (exact) mass is 284 g/mol. The number of hydrogen-bond donors (Lipinski definition) is 2. The second-order valence-electron chi connectivity index (χ2n) is 4.74. The summed E-state index contributed by atoms with van der Waals surface area (Å²) in [5.41, 5.74) is 7.30. The van der Waals surface area contributed by atoms with E-state index in [0.29, 0.717) is 15.9 Å². The predicted octanol–water partition coefficient (Wildman–Crippen LogP) is 2.18. The van der Waals surface area contributed by atoms with Crippen LogP contribution in [0.3, 0.4) is 0 Å². The molecule has 3 N–H and O–H groups in total. The summed E-state index contributed by atoms with van der Waals surface area (Å²) in [7, 11) is 0. The highest BCUT2D eigenvalue weighted by Gasteiger charge is 2.31. The van der Waals surface area contributed by atoms with Crippen molar-refractivity contribution in [3.8, 4) is 0 Å².